The molecule has 1 fully saturated rings. The van der Waals surface area contributed by atoms with E-state index in [0.717, 1.165) is 18.4 Å². The van der Waals surface area contributed by atoms with E-state index < -0.39 is 17.8 Å². The Labute approximate surface area is 180 Å². The summed E-state index contributed by atoms with van der Waals surface area (Å²) < 4.78 is 52.9. The Morgan fingerprint density at radius 1 is 1.23 bits per heavy atom. The lowest BCUT2D eigenvalue weighted by Crippen LogP contribution is -2.39. The van der Waals surface area contributed by atoms with Gasteiger partial charge in [0.25, 0.3) is 0 Å². The van der Waals surface area contributed by atoms with Gasteiger partial charge in [-0.25, -0.2) is 4.79 Å². The molecular weight excluding hydrogens is 409 g/mol. The predicted molar refractivity (Wildman–Crippen MR) is 111 cm³/mol. The van der Waals surface area contributed by atoms with Crippen molar-refractivity contribution in [2.45, 2.75) is 51.4 Å². The molecule has 1 saturated heterocycles. The molecule has 1 atom stereocenters. The molecule has 5 nitrogen and oxygen atoms in total. The van der Waals surface area contributed by atoms with Crippen LogP contribution in [0.4, 0.5) is 18.0 Å². The lowest BCUT2D eigenvalue weighted by Gasteiger charge is -2.33. The number of likely N-dealkylation sites (tertiary alicyclic amines) is 1. The number of halogens is 3. The average Bonchev–Trinajstić information content (AvgIpc) is 3.10. The van der Waals surface area contributed by atoms with Crippen molar-refractivity contribution in [3.05, 3.63) is 58.9 Å². The number of rotatable bonds is 7. The van der Waals surface area contributed by atoms with E-state index in [1.807, 2.05) is 30.3 Å². The number of piperidine rings is 1. The summed E-state index contributed by atoms with van der Waals surface area (Å²) >= 11 is 0. The Bertz CT molecular complexity index is 865. The molecule has 0 aliphatic carbocycles. The lowest BCUT2D eigenvalue weighted by atomic mass is 9.94. The van der Waals surface area contributed by atoms with Crippen molar-refractivity contribution >= 4 is 6.09 Å². The lowest BCUT2D eigenvalue weighted by molar-refractivity contribution is -0.138. The number of hydrogen-bond acceptors (Lipinski definition) is 3. The number of alkyl halides is 3. The van der Waals surface area contributed by atoms with Crippen LogP contribution in [0.5, 0.6) is 0 Å². The number of benzene rings is 1. The fourth-order valence-electron chi connectivity index (χ4n) is 4.15. The van der Waals surface area contributed by atoms with Crippen molar-refractivity contribution < 1.29 is 27.4 Å². The van der Waals surface area contributed by atoms with Crippen molar-refractivity contribution in [2.24, 2.45) is 0 Å². The van der Waals surface area contributed by atoms with Crippen molar-refractivity contribution in [1.29, 1.82) is 0 Å². The summed E-state index contributed by atoms with van der Waals surface area (Å²) in [4.78, 5) is 14.2. The van der Waals surface area contributed by atoms with Crippen LogP contribution in [0.25, 0.3) is 0 Å². The fraction of sp³-hybridized carbons (Fsp3) is 0.522. The van der Waals surface area contributed by atoms with Gasteiger partial charge in [0, 0.05) is 50.7 Å². The molecule has 1 aromatic carbocycles. The molecule has 3 rings (SSSR count). The second kappa shape index (κ2) is 10.2. The molecule has 2 aromatic rings. The number of nitrogens with zero attached hydrogens (tertiary/aromatic N) is 2. The van der Waals surface area contributed by atoms with Gasteiger partial charge in [0.05, 0.1) is 5.56 Å². The van der Waals surface area contributed by atoms with Gasteiger partial charge in [0.2, 0.25) is 0 Å². The highest BCUT2D eigenvalue weighted by Crippen LogP contribution is 2.38. The third-order valence-electron chi connectivity index (χ3n) is 5.74. The molecule has 1 aliphatic rings. The highest BCUT2D eigenvalue weighted by Gasteiger charge is 2.37. The summed E-state index contributed by atoms with van der Waals surface area (Å²) in [5.74, 6) is -0.171. The monoisotopic (exact) mass is 438 g/mol. The Balaban J connectivity index is 1.74. The molecule has 8 heteroatoms. The number of aromatic nitrogens is 1. The minimum atomic E-state index is -4.41. The Morgan fingerprint density at radius 2 is 1.97 bits per heavy atom. The van der Waals surface area contributed by atoms with Crippen molar-refractivity contribution in [3.8, 4) is 0 Å². The van der Waals surface area contributed by atoms with Gasteiger partial charge in [-0.15, -0.1) is 0 Å². The largest absolute Gasteiger partial charge is 0.445 e. The zero-order valence-electron chi connectivity index (χ0n) is 18.0. The van der Waals surface area contributed by atoms with Crippen LogP contribution in [-0.4, -0.2) is 42.4 Å². The maximum atomic E-state index is 13.5. The van der Waals surface area contributed by atoms with Gasteiger partial charge in [-0.05, 0) is 37.8 Å². The third kappa shape index (κ3) is 5.81. The van der Waals surface area contributed by atoms with Gasteiger partial charge in [-0.2, -0.15) is 13.2 Å². The summed E-state index contributed by atoms with van der Waals surface area (Å²) in [5, 5.41) is 0. The van der Waals surface area contributed by atoms with Crippen LogP contribution in [0.2, 0.25) is 0 Å². The molecular formula is C23H29F3N2O3. The van der Waals surface area contributed by atoms with E-state index >= 15 is 0 Å². The minimum absolute atomic E-state index is 0.171. The zero-order chi connectivity index (χ0) is 22.4. The summed E-state index contributed by atoms with van der Waals surface area (Å²) in [5.41, 5.74) is 1.12. The van der Waals surface area contributed by atoms with E-state index in [-0.39, 0.29) is 18.2 Å². The standard InChI is InChI=1S/C23H29F3N2O3/c1-17-20(23(24,25)26)14-21(28(17)12-7-13-30-2)19-10-6-11-27(15-19)22(29)31-16-18-8-4-3-5-9-18/h3-5,8-9,14,19H,6-7,10-13,15-16H2,1-2H3/t19-/m1/s1. The van der Waals surface area contributed by atoms with Crippen molar-refractivity contribution in [3.63, 3.8) is 0 Å². The van der Waals surface area contributed by atoms with Crippen LogP contribution >= 0.6 is 0 Å². The molecule has 0 spiro atoms. The van der Waals surface area contributed by atoms with Gasteiger partial charge in [-0.1, -0.05) is 30.3 Å². The van der Waals surface area contributed by atoms with Crippen LogP contribution in [-0.2, 0) is 28.8 Å². The van der Waals surface area contributed by atoms with Crippen LogP contribution in [0.3, 0.4) is 0 Å². The summed E-state index contributed by atoms with van der Waals surface area (Å²) in [6.07, 6.45) is -2.78. The molecule has 31 heavy (non-hydrogen) atoms. The van der Waals surface area contributed by atoms with Gasteiger partial charge >= 0.3 is 12.3 Å². The van der Waals surface area contributed by atoms with E-state index in [1.54, 1.807) is 16.6 Å². The Kier molecular flexibility index (Phi) is 7.64. The SMILES string of the molecule is COCCCn1c([C@@H]2CCCN(C(=O)OCc3ccccc3)C2)cc(C(F)(F)F)c1C. The number of hydrogen-bond donors (Lipinski definition) is 0. The first-order valence-corrected chi connectivity index (χ1v) is 10.5. The highest BCUT2D eigenvalue weighted by molar-refractivity contribution is 5.68. The van der Waals surface area contributed by atoms with E-state index in [9.17, 15) is 18.0 Å². The maximum Gasteiger partial charge on any atom is 0.418 e. The minimum Gasteiger partial charge on any atom is -0.445 e. The van der Waals surface area contributed by atoms with Crippen LogP contribution in [0.15, 0.2) is 36.4 Å². The van der Waals surface area contributed by atoms with E-state index in [2.05, 4.69) is 0 Å². The molecule has 1 amide bonds. The fourth-order valence-corrected chi connectivity index (χ4v) is 4.15. The predicted octanol–water partition coefficient (Wildman–Crippen LogP) is 5.37. The third-order valence-corrected chi connectivity index (χ3v) is 5.74. The van der Waals surface area contributed by atoms with Crippen LogP contribution < -0.4 is 0 Å². The first-order valence-electron chi connectivity index (χ1n) is 10.5. The second-order valence-corrected chi connectivity index (χ2v) is 7.89. The van der Waals surface area contributed by atoms with Crippen molar-refractivity contribution in [2.75, 3.05) is 26.8 Å². The molecule has 1 aliphatic heterocycles. The number of amides is 1. The summed E-state index contributed by atoms with van der Waals surface area (Å²) in [7, 11) is 1.57. The molecule has 0 N–H and O–H groups in total. The second-order valence-electron chi connectivity index (χ2n) is 7.89. The van der Waals surface area contributed by atoms with Gasteiger partial charge in [-0.3, -0.25) is 0 Å². The number of carbonyl (C=O) groups is 1. The Morgan fingerprint density at radius 3 is 2.65 bits per heavy atom. The molecule has 0 bridgehead atoms. The topological polar surface area (TPSA) is 43.7 Å². The van der Waals surface area contributed by atoms with E-state index in [0.29, 0.717) is 38.4 Å². The van der Waals surface area contributed by atoms with Gasteiger partial charge in [0.15, 0.2) is 0 Å². The quantitative estimate of drug-likeness (QED) is 0.546. The van der Waals surface area contributed by atoms with E-state index in [4.69, 9.17) is 9.47 Å². The molecule has 0 radical (unpaired) electrons. The molecule has 2 heterocycles. The smallest absolute Gasteiger partial charge is 0.418 e. The molecule has 170 valence electrons. The van der Waals surface area contributed by atoms with Gasteiger partial charge < -0.3 is 18.9 Å². The number of ether oxygens (including phenoxy) is 2. The molecule has 0 saturated carbocycles. The summed E-state index contributed by atoms with van der Waals surface area (Å²) in [6.45, 7) is 3.48. The van der Waals surface area contributed by atoms with Gasteiger partial charge in [0.1, 0.15) is 6.61 Å². The zero-order valence-corrected chi connectivity index (χ0v) is 18.0. The molecule has 1 aromatic heterocycles. The number of methoxy groups -OCH3 is 1. The highest BCUT2D eigenvalue weighted by atomic mass is 19.4. The molecule has 0 unspecified atom stereocenters. The van der Waals surface area contributed by atoms with E-state index in [1.165, 1.54) is 13.0 Å². The first-order chi connectivity index (χ1) is 14.8. The van der Waals surface area contributed by atoms with Crippen LogP contribution in [0.1, 0.15) is 47.7 Å². The average molecular weight is 438 g/mol. The maximum absolute atomic E-state index is 13.5. The van der Waals surface area contributed by atoms with Crippen molar-refractivity contribution in [1.82, 2.24) is 9.47 Å². The normalized spacial score (nSPS) is 17.1. The number of carbonyl (C=O) groups excluding carboxylic acids is 1. The summed E-state index contributed by atoms with van der Waals surface area (Å²) in [6, 6.07) is 10.6. The Hall–Kier alpha value is -2.48. The first kappa shape index (κ1) is 23.2. The van der Waals surface area contributed by atoms with Crippen LogP contribution in [0, 0.1) is 6.92 Å².